The van der Waals surface area contributed by atoms with Crippen LogP contribution in [-0.2, 0) is 0 Å². The smallest absolute Gasteiger partial charge is 0.182 e. The van der Waals surface area contributed by atoms with E-state index in [4.69, 9.17) is 12.2 Å². The van der Waals surface area contributed by atoms with Gasteiger partial charge in [-0.1, -0.05) is 50.4 Å². The zero-order chi connectivity index (χ0) is 18.7. The Morgan fingerprint density at radius 2 is 2.00 bits per heavy atom. The van der Waals surface area contributed by atoms with Gasteiger partial charge in [0.25, 0.3) is 0 Å². The van der Waals surface area contributed by atoms with Crippen molar-refractivity contribution in [1.82, 2.24) is 25.3 Å². The molecule has 0 aliphatic heterocycles. The molecule has 0 amide bonds. The third-order valence-electron chi connectivity index (χ3n) is 6.08. The van der Waals surface area contributed by atoms with Crippen LogP contribution in [0.15, 0.2) is 25.3 Å². The van der Waals surface area contributed by atoms with Crippen LogP contribution in [-0.4, -0.2) is 43.0 Å². The van der Waals surface area contributed by atoms with Crippen LogP contribution in [0.3, 0.4) is 0 Å². The number of aromatic amines is 1. The fourth-order valence-corrected chi connectivity index (χ4v) is 5.18. The van der Waals surface area contributed by atoms with Crippen molar-refractivity contribution in [3.05, 3.63) is 25.3 Å². The average Bonchev–Trinajstić information content (AvgIpc) is 3.37. The Hall–Kier alpha value is -2.02. The normalized spacial score (nSPS) is 19.9. The molecule has 2 aromatic rings. The molecule has 0 atom stereocenters. The molecule has 2 aromatic heterocycles. The second kappa shape index (κ2) is 7.92. The summed E-state index contributed by atoms with van der Waals surface area (Å²) in [6.07, 6.45) is 16.0. The molecule has 0 radical (unpaired) electrons. The number of hydrogen-bond donors (Lipinski definition) is 2. The van der Waals surface area contributed by atoms with Crippen molar-refractivity contribution in [3.63, 3.8) is 0 Å². The second-order valence-electron chi connectivity index (χ2n) is 7.74. The number of thiocarbonyl (C=S) groups is 1. The van der Waals surface area contributed by atoms with E-state index in [0.717, 1.165) is 29.2 Å². The van der Waals surface area contributed by atoms with Crippen molar-refractivity contribution in [3.8, 4) is 0 Å². The Balaban J connectivity index is 1.69. The van der Waals surface area contributed by atoms with E-state index in [-0.39, 0.29) is 5.54 Å². The van der Waals surface area contributed by atoms with Gasteiger partial charge in [0, 0.05) is 12.6 Å². The fraction of sp³-hybridized carbons (Fsp3) is 0.600. The highest BCUT2D eigenvalue weighted by Crippen LogP contribution is 2.40. The van der Waals surface area contributed by atoms with Crippen LogP contribution in [0.4, 0.5) is 5.82 Å². The highest BCUT2D eigenvalue weighted by molar-refractivity contribution is 7.80. The van der Waals surface area contributed by atoms with E-state index in [1.807, 2.05) is 6.08 Å². The topological polar surface area (TPSA) is 69.7 Å². The number of hydrogen-bond acceptors (Lipinski definition) is 5. The Bertz CT molecular complexity index is 804. The summed E-state index contributed by atoms with van der Waals surface area (Å²) in [6, 6.07) is 0.506. The van der Waals surface area contributed by atoms with E-state index in [1.165, 1.54) is 44.9 Å². The predicted molar refractivity (Wildman–Crippen MR) is 113 cm³/mol. The summed E-state index contributed by atoms with van der Waals surface area (Å²) in [5.41, 5.74) is 1.34. The first-order valence-corrected chi connectivity index (χ1v) is 10.5. The number of nitrogens with one attached hydrogen (secondary N) is 2. The number of rotatable bonds is 6. The quantitative estimate of drug-likeness (QED) is 0.581. The summed E-state index contributed by atoms with van der Waals surface area (Å²) in [4.78, 5) is 19.7. The minimum absolute atomic E-state index is 0.215. The van der Waals surface area contributed by atoms with Crippen molar-refractivity contribution in [1.29, 1.82) is 0 Å². The Labute approximate surface area is 165 Å². The van der Waals surface area contributed by atoms with Crippen LogP contribution < -0.4 is 10.2 Å². The van der Waals surface area contributed by atoms with Gasteiger partial charge in [-0.05, 0) is 25.7 Å². The number of imidazole rings is 1. The molecule has 27 heavy (non-hydrogen) atoms. The maximum atomic E-state index is 6.04. The third-order valence-corrected chi connectivity index (χ3v) is 6.58. The van der Waals surface area contributed by atoms with Gasteiger partial charge in [-0.15, -0.1) is 6.58 Å². The lowest BCUT2D eigenvalue weighted by Crippen LogP contribution is -2.59. The summed E-state index contributed by atoms with van der Waals surface area (Å²) in [6.45, 7) is 4.69. The maximum Gasteiger partial charge on any atom is 0.182 e. The molecule has 2 N–H and O–H groups in total. The molecule has 7 heteroatoms. The minimum atomic E-state index is -0.215. The van der Waals surface area contributed by atoms with Crippen molar-refractivity contribution in [2.24, 2.45) is 0 Å². The van der Waals surface area contributed by atoms with Gasteiger partial charge in [0.15, 0.2) is 11.5 Å². The molecule has 0 saturated heterocycles. The molecule has 0 unspecified atom stereocenters. The summed E-state index contributed by atoms with van der Waals surface area (Å²) in [7, 11) is 0. The van der Waals surface area contributed by atoms with Crippen LogP contribution in [0.2, 0.25) is 0 Å². The molecule has 2 heterocycles. The number of aromatic nitrogens is 4. The molecule has 2 saturated carbocycles. The van der Waals surface area contributed by atoms with Gasteiger partial charge in [-0.3, -0.25) is 0 Å². The predicted octanol–water partition coefficient (Wildman–Crippen LogP) is 3.91. The highest BCUT2D eigenvalue weighted by atomic mass is 32.1. The first-order chi connectivity index (χ1) is 13.2. The van der Waals surface area contributed by atoms with Gasteiger partial charge in [-0.25, -0.2) is 15.0 Å². The SMILES string of the molecule is C=CCN(c1ncnc2nc[nH]c12)C1(C(=S)NC2CCCCC2)CCCC1. The van der Waals surface area contributed by atoms with Gasteiger partial charge < -0.3 is 15.2 Å². The standard InChI is InChI=1S/C20H28N6S/c1-2-12-26(18-16-17(22-13-21-16)23-14-24-18)20(10-6-7-11-20)19(27)25-15-8-4-3-5-9-15/h2,13-15H,1,3-12H2,(H,25,27)(H,21,22,23,24). The molecule has 144 valence electrons. The fourth-order valence-electron chi connectivity index (χ4n) is 4.70. The highest BCUT2D eigenvalue weighted by Gasteiger charge is 2.45. The number of nitrogens with zero attached hydrogens (tertiary/aromatic N) is 4. The summed E-state index contributed by atoms with van der Waals surface area (Å²) in [5, 5.41) is 3.74. The van der Waals surface area contributed by atoms with E-state index >= 15 is 0 Å². The molecule has 0 bridgehead atoms. The number of fused-ring (bicyclic) bond motifs is 1. The van der Waals surface area contributed by atoms with Gasteiger partial charge in [0.05, 0.1) is 11.9 Å². The van der Waals surface area contributed by atoms with Crippen LogP contribution in [0.1, 0.15) is 57.8 Å². The average molecular weight is 385 g/mol. The molecule has 2 aliphatic rings. The molecular weight excluding hydrogens is 356 g/mol. The van der Waals surface area contributed by atoms with Gasteiger partial charge in [0.1, 0.15) is 16.8 Å². The molecule has 2 fully saturated rings. The zero-order valence-electron chi connectivity index (χ0n) is 15.8. The molecule has 4 rings (SSSR count). The lowest BCUT2D eigenvalue weighted by atomic mass is 9.91. The zero-order valence-corrected chi connectivity index (χ0v) is 16.6. The van der Waals surface area contributed by atoms with Crippen molar-refractivity contribution in [2.45, 2.75) is 69.4 Å². The largest absolute Gasteiger partial charge is 0.375 e. The molecule has 6 nitrogen and oxygen atoms in total. The molecule has 0 aromatic carbocycles. The van der Waals surface area contributed by atoms with Crippen molar-refractivity contribution >= 4 is 34.2 Å². The first-order valence-electron chi connectivity index (χ1n) is 10.1. The minimum Gasteiger partial charge on any atom is -0.375 e. The van der Waals surface area contributed by atoms with Crippen LogP contribution in [0, 0.1) is 0 Å². The van der Waals surface area contributed by atoms with Crippen LogP contribution in [0.5, 0.6) is 0 Å². The molecular formula is C20H28N6S. The third kappa shape index (κ3) is 3.45. The summed E-state index contributed by atoms with van der Waals surface area (Å²) >= 11 is 6.04. The van der Waals surface area contributed by atoms with E-state index < -0.39 is 0 Å². The Morgan fingerprint density at radius 1 is 1.22 bits per heavy atom. The van der Waals surface area contributed by atoms with Crippen molar-refractivity contribution in [2.75, 3.05) is 11.4 Å². The Morgan fingerprint density at radius 3 is 2.74 bits per heavy atom. The first kappa shape index (κ1) is 18.3. The van der Waals surface area contributed by atoms with Gasteiger partial charge in [-0.2, -0.15) is 0 Å². The number of H-pyrrole nitrogens is 1. The maximum absolute atomic E-state index is 6.04. The lowest BCUT2D eigenvalue weighted by molar-refractivity contribution is 0.402. The van der Waals surface area contributed by atoms with E-state index in [1.54, 1.807) is 12.7 Å². The number of anilines is 1. The summed E-state index contributed by atoms with van der Waals surface area (Å²) in [5.74, 6) is 0.868. The van der Waals surface area contributed by atoms with E-state index in [9.17, 15) is 0 Å². The van der Waals surface area contributed by atoms with Gasteiger partial charge >= 0.3 is 0 Å². The van der Waals surface area contributed by atoms with Crippen LogP contribution >= 0.6 is 12.2 Å². The second-order valence-corrected chi connectivity index (χ2v) is 8.15. The molecule has 0 spiro atoms. The van der Waals surface area contributed by atoms with Gasteiger partial charge in [0.2, 0.25) is 0 Å². The Kier molecular flexibility index (Phi) is 5.38. The van der Waals surface area contributed by atoms with E-state index in [2.05, 4.69) is 36.7 Å². The summed E-state index contributed by atoms with van der Waals surface area (Å²) < 4.78 is 0. The van der Waals surface area contributed by atoms with Crippen LogP contribution in [0.25, 0.3) is 11.2 Å². The monoisotopic (exact) mass is 384 g/mol. The lowest BCUT2D eigenvalue weighted by Gasteiger charge is -2.43. The van der Waals surface area contributed by atoms with Crippen molar-refractivity contribution < 1.29 is 0 Å². The molecule has 2 aliphatic carbocycles. The van der Waals surface area contributed by atoms with E-state index in [0.29, 0.717) is 18.2 Å².